The smallest absolute Gasteiger partial charge is 0.257 e. The molecule has 0 bridgehead atoms. The molecule has 0 aliphatic rings. The van der Waals surface area contributed by atoms with Gasteiger partial charge < -0.3 is 5.32 Å². The number of nitrogens with zero attached hydrogens (tertiary/aromatic N) is 5. The Hall–Kier alpha value is -2.70. The Bertz CT molecular complexity index is 728. The second kappa shape index (κ2) is 4.52. The van der Waals surface area contributed by atoms with E-state index in [1.807, 2.05) is 13.1 Å². The Labute approximate surface area is 108 Å². The van der Waals surface area contributed by atoms with Gasteiger partial charge >= 0.3 is 0 Å². The number of carbonyl (C=O) groups is 1. The van der Waals surface area contributed by atoms with Gasteiger partial charge in [0.25, 0.3) is 5.91 Å². The molecule has 7 heteroatoms. The van der Waals surface area contributed by atoms with E-state index in [0.717, 1.165) is 5.69 Å². The lowest BCUT2D eigenvalue weighted by Gasteiger charge is -2.04. The van der Waals surface area contributed by atoms with Crippen molar-refractivity contribution in [3.05, 3.63) is 48.2 Å². The van der Waals surface area contributed by atoms with Crippen LogP contribution in [0, 0.1) is 0 Å². The lowest BCUT2D eigenvalue weighted by Crippen LogP contribution is -2.24. The third kappa shape index (κ3) is 2.05. The van der Waals surface area contributed by atoms with E-state index in [1.165, 1.54) is 6.20 Å². The van der Waals surface area contributed by atoms with Gasteiger partial charge in [0, 0.05) is 25.6 Å². The molecule has 0 radical (unpaired) electrons. The van der Waals surface area contributed by atoms with E-state index < -0.39 is 0 Å². The molecule has 0 saturated heterocycles. The van der Waals surface area contributed by atoms with E-state index >= 15 is 0 Å². The van der Waals surface area contributed by atoms with Crippen LogP contribution in [-0.4, -0.2) is 30.3 Å². The zero-order valence-electron chi connectivity index (χ0n) is 10.3. The van der Waals surface area contributed by atoms with Gasteiger partial charge in [-0.05, 0) is 12.1 Å². The predicted octanol–water partition coefficient (Wildman–Crippen LogP) is 0.393. The van der Waals surface area contributed by atoms with Gasteiger partial charge in [0.1, 0.15) is 5.56 Å². The highest BCUT2D eigenvalue weighted by Gasteiger charge is 2.13. The Kier molecular flexibility index (Phi) is 2.71. The average Bonchev–Trinajstić information content (AvgIpc) is 3.02. The third-order valence-corrected chi connectivity index (χ3v) is 2.88. The minimum atomic E-state index is -0.199. The van der Waals surface area contributed by atoms with Crippen LogP contribution >= 0.6 is 0 Å². The highest BCUT2D eigenvalue weighted by molar-refractivity contribution is 5.99. The number of nitrogens with one attached hydrogen (secondary N) is 1. The maximum Gasteiger partial charge on any atom is 0.257 e. The number of hydrogen-bond acceptors (Lipinski definition) is 4. The van der Waals surface area contributed by atoms with Crippen molar-refractivity contribution < 1.29 is 4.79 Å². The first-order valence-corrected chi connectivity index (χ1v) is 5.79. The zero-order chi connectivity index (χ0) is 13.2. The van der Waals surface area contributed by atoms with Crippen LogP contribution in [0.5, 0.6) is 0 Å². The molecule has 7 nitrogen and oxygen atoms in total. The quantitative estimate of drug-likeness (QED) is 0.735. The van der Waals surface area contributed by atoms with Crippen LogP contribution in [0.4, 0.5) is 0 Å². The lowest BCUT2D eigenvalue weighted by atomic mass is 10.3. The zero-order valence-corrected chi connectivity index (χ0v) is 10.3. The van der Waals surface area contributed by atoms with Gasteiger partial charge in [0.05, 0.1) is 18.4 Å². The van der Waals surface area contributed by atoms with Crippen molar-refractivity contribution in [2.45, 2.75) is 6.54 Å². The molecule has 96 valence electrons. The Balaban J connectivity index is 1.79. The summed E-state index contributed by atoms with van der Waals surface area (Å²) in [4.78, 5) is 16.2. The maximum absolute atomic E-state index is 12.1. The average molecular weight is 256 g/mol. The third-order valence-electron chi connectivity index (χ3n) is 2.88. The van der Waals surface area contributed by atoms with Crippen molar-refractivity contribution in [2.75, 3.05) is 0 Å². The first-order chi connectivity index (χ1) is 9.25. The highest BCUT2D eigenvalue weighted by atomic mass is 16.1. The van der Waals surface area contributed by atoms with Gasteiger partial charge in [-0.3, -0.25) is 9.48 Å². The molecular formula is C12H12N6O. The van der Waals surface area contributed by atoms with E-state index in [-0.39, 0.29) is 5.91 Å². The molecule has 0 unspecified atom stereocenters. The van der Waals surface area contributed by atoms with E-state index in [2.05, 4.69) is 20.5 Å². The Morgan fingerprint density at radius 3 is 3.05 bits per heavy atom. The van der Waals surface area contributed by atoms with E-state index in [4.69, 9.17) is 0 Å². The normalized spacial score (nSPS) is 10.8. The highest BCUT2D eigenvalue weighted by Crippen LogP contribution is 2.07. The number of amides is 1. The van der Waals surface area contributed by atoms with Crippen LogP contribution in [0.1, 0.15) is 16.1 Å². The Morgan fingerprint density at radius 1 is 1.37 bits per heavy atom. The van der Waals surface area contributed by atoms with Crippen molar-refractivity contribution in [3.8, 4) is 0 Å². The van der Waals surface area contributed by atoms with Gasteiger partial charge in [0.15, 0.2) is 5.65 Å². The van der Waals surface area contributed by atoms with Crippen LogP contribution in [0.2, 0.25) is 0 Å². The first-order valence-electron chi connectivity index (χ1n) is 5.79. The van der Waals surface area contributed by atoms with Gasteiger partial charge in [-0.25, -0.2) is 9.50 Å². The summed E-state index contributed by atoms with van der Waals surface area (Å²) in [7, 11) is 1.83. The van der Waals surface area contributed by atoms with Crippen molar-refractivity contribution in [1.29, 1.82) is 0 Å². The second-order valence-corrected chi connectivity index (χ2v) is 4.07. The van der Waals surface area contributed by atoms with Crippen LogP contribution < -0.4 is 5.32 Å². The molecule has 1 amide bonds. The molecule has 3 heterocycles. The van der Waals surface area contributed by atoms with Crippen molar-refractivity contribution in [2.24, 2.45) is 7.05 Å². The van der Waals surface area contributed by atoms with E-state index in [1.54, 1.807) is 33.9 Å². The lowest BCUT2D eigenvalue weighted by molar-refractivity contribution is 0.0951. The molecule has 0 saturated carbocycles. The molecule has 0 aliphatic carbocycles. The molecule has 3 rings (SSSR count). The van der Waals surface area contributed by atoms with Crippen LogP contribution in [0.3, 0.4) is 0 Å². The summed E-state index contributed by atoms with van der Waals surface area (Å²) in [6.07, 6.45) is 6.59. The van der Waals surface area contributed by atoms with Gasteiger partial charge in [0.2, 0.25) is 0 Å². The molecule has 3 aromatic rings. The summed E-state index contributed by atoms with van der Waals surface area (Å²) in [6.45, 7) is 0.416. The van der Waals surface area contributed by atoms with Crippen LogP contribution in [-0.2, 0) is 13.6 Å². The van der Waals surface area contributed by atoms with E-state index in [0.29, 0.717) is 17.8 Å². The molecule has 19 heavy (non-hydrogen) atoms. The summed E-state index contributed by atoms with van der Waals surface area (Å²) in [5.41, 5.74) is 1.94. The fourth-order valence-electron chi connectivity index (χ4n) is 1.83. The predicted molar refractivity (Wildman–Crippen MR) is 67.4 cm³/mol. The maximum atomic E-state index is 12.1. The molecule has 0 aliphatic heterocycles. The fourth-order valence-corrected chi connectivity index (χ4v) is 1.83. The minimum absolute atomic E-state index is 0.199. The second-order valence-electron chi connectivity index (χ2n) is 4.07. The SMILES string of the molecule is Cn1nccc1CNC(=O)c1cnn2cccnc12. The molecular weight excluding hydrogens is 244 g/mol. The number of rotatable bonds is 3. The molecule has 0 aromatic carbocycles. The van der Waals surface area contributed by atoms with Crippen LogP contribution in [0.25, 0.3) is 5.65 Å². The van der Waals surface area contributed by atoms with Crippen molar-refractivity contribution >= 4 is 11.6 Å². The van der Waals surface area contributed by atoms with Gasteiger partial charge in [-0.2, -0.15) is 10.2 Å². The van der Waals surface area contributed by atoms with Crippen molar-refractivity contribution in [3.63, 3.8) is 0 Å². The molecule has 0 atom stereocenters. The fraction of sp³-hybridized carbons (Fsp3) is 0.167. The summed E-state index contributed by atoms with van der Waals surface area (Å²) in [6, 6.07) is 3.62. The summed E-state index contributed by atoms with van der Waals surface area (Å²) in [5, 5.41) is 10.9. The number of hydrogen-bond donors (Lipinski definition) is 1. The summed E-state index contributed by atoms with van der Waals surface area (Å²) in [5.74, 6) is -0.199. The van der Waals surface area contributed by atoms with Crippen molar-refractivity contribution in [1.82, 2.24) is 29.7 Å². The monoisotopic (exact) mass is 256 g/mol. The summed E-state index contributed by atoms with van der Waals surface area (Å²) < 4.78 is 3.29. The Morgan fingerprint density at radius 2 is 2.26 bits per heavy atom. The number of fused-ring (bicyclic) bond motifs is 1. The topological polar surface area (TPSA) is 77.1 Å². The first kappa shape index (κ1) is 11.4. The van der Waals surface area contributed by atoms with Gasteiger partial charge in [-0.15, -0.1) is 0 Å². The molecule has 3 aromatic heterocycles. The molecule has 0 spiro atoms. The number of aryl methyl sites for hydroxylation is 1. The standard InChI is InChI=1S/C12H12N6O/c1-17-9(3-5-15-17)7-14-12(19)10-8-16-18-6-2-4-13-11(10)18/h2-6,8H,7H2,1H3,(H,14,19). The van der Waals surface area contributed by atoms with Crippen LogP contribution in [0.15, 0.2) is 36.9 Å². The largest absolute Gasteiger partial charge is 0.346 e. The van der Waals surface area contributed by atoms with Gasteiger partial charge in [-0.1, -0.05) is 0 Å². The number of aromatic nitrogens is 5. The summed E-state index contributed by atoms with van der Waals surface area (Å²) >= 11 is 0. The van der Waals surface area contributed by atoms with E-state index in [9.17, 15) is 4.79 Å². The molecule has 0 fully saturated rings. The number of carbonyl (C=O) groups excluding carboxylic acids is 1. The molecule has 1 N–H and O–H groups in total. The minimum Gasteiger partial charge on any atom is -0.346 e.